The van der Waals surface area contributed by atoms with E-state index in [0.29, 0.717) is 0 Å². The molecule has 0 heterocycles. The van der Waals surface area contributed by atoms with Gasteiger partial charge in [-0.25, -0.2) is 0 Å². The topological polar surface area (TPSA) is 0 Å². The van der Waals surface area contributed by atoms with Crippen molar-refractivity contribution in [2.45, 2.75) is 47.2 Å². The quantitative estimate of drug-likeness (QED) is 0.222. The predicted octanol–water partition coefficient (Wildman–Crippen LogP) is 7.37. The fourth-order valence-corrected chi connectivity index (χ4v) is 4.90. The van der Waals surface area contributed by atoms with E-state index in [1.54, 1.807) is 0 Å². The third-order valence-electron chi connectivity index (χ3n) is 3.96. The Morgan fingerprint density at radius 1 is 1.08 bits per heavy atom. The number of rotatable bonds is 5. The fourth-order valence-electron chi connectivity index (χ4n) is 2.86. The van der Waals surface area contributed by atoms with E-state index in [2.05, 4.69) is 96.2 Å². The first-order chi connectivity index (χ1) is 11.0. The third-order valence-corrected chi connectivity index (χ3v) is 6.88. The first-order valence-corrected chi connectivity index (χ1v) is 10.4. The second-order valence-electron chi connectivity index (χ2n) is 6.25. The zero-order valence-corrected chi connectivity index (χ0v) is 18.6. The molecule has 0 nitrogen and oxygen atoms in total. The monoisotopic (exact) mass is 375 g/mol. The first-order valence-electron chi connectivity index (χ1n) is 8.65. The zero-order chi connectivity index (χ0) is 17.2. The molecule has 2 rings (SSSR count). The van der Waals surface area contributed by atoms with E-state index in [4.69, 9.17) is 0 Å². The molecule has 0 saturated heterocycles. The van der Waals surface area contributed by atoms with E-state index < -0.39 is 0 Å². The number of benzene rings is 1. The summed E-state index contributed by atoms with van der Waals surface area (Å²) < 4.78 is 0. The van der Waals surface area contributed by atoms with E-state index in [1.807, 2.05) is 0 Å². The van der Waals surface area contributed by atoms with E-state index in [-0.39, 0.29) is 29.6 Å². The molecule has 0 aliphatic rings. The van der Waals surface area contributed by atoms with Crippen LogP contribution >= 0.6 is 7.92 Å². The van der Waals surface area contributed by atoms with Crippen molar-refractivity contribution in [3.05, 3.63) is 65.8 Å². The van der Waals surface area contributed by atoms with Gasteiger partial charge in [0, 0.05) is 21.7 Å². The van der Waals surface area contributed by atoms with E-state index in [0.717, 1.165) is 5.66 Å². The summed E-state index contributed by atoms with van der Waals surface area (Å²) in [5, 5.41) is 2.66. The van der Waals surface area contributed by atoms with Crippen LogP contribution in [0.2, 0.25) is 0 Å². The molecule has 0 amide bonds. The summed E-state index contributed by atoms with van der Waals surface area (Å²) >= 11 is 0. The van der Waals surface area contributed by atoms with E-state index in [1.165, 1.54) is 34.2 Å². The largest absolute Gasteiger partial charge is 0.168 e. The number of fused-ring (bicyclic) bond motifs is 1. The van der Waals surface area contributed by atoms with Crippen molar-refractivity contribution in [2.24, 2.45) is 0 Å². The molecule has 2 heteroatoms. The van der Waals surface area contributed by atoms with Crippen molar-refractivity contribution in [2.75, 3.05) is 12.3 Å². The molecule has 0 aliphatic heterocycles. The molecule has 0 aliphatic carbocycles. The van der Waals surface area contributed by atoms with Crippen LogP contribution in [0, 0.1) is 0 Å². The summed E-state index contributed by atoms with van der Waals surface area (Å²) in [4.78, 5) is 0. The fraction of sp³-hybridized carbons (Fsp3) is 0.409. The Labute approximate surface area is 165 Å². The van der Waals surface area contributed by atoms with E-state index >= 15 is 0 Å². The maximum absolute atomic E-state index is 2.44. The van der Waals surface area contributed by atoms with Gasteiger partial charge in [0.05, 0.1) is 0 Å². The van der Waals surface area contributed by atoms with Crippen LogP contribution in [0.4, 0.5) is 0 Å². The smallest absolute Gasteiger partial charge is 0 e. The summed E-state index contributed by atoms with van der Waals surface area (Å²) in [6.07, 6.45) is 7.41. The Kier molecular flexibility index (Phi) is 12.5. The van der Waals surface area contributed by atoms with E-state index in [9.17, 15) is 0 Å². The summed E-state index contributed by atoms with van der Waals surface area (Å²) in [5.41, 5.74) is 3.59. The second kappa shape index (κ2) is 12.8. The van der Waals surface area contributed by atoms with Crippen LogP contribution in [0.1, 0.15) is 41.5 Å². The van der Waals surface area contributed by atoms with Crippen molar-refractivity contribution in [3.8, 4) is 0 Å². The summed E-state index contributed by atoms with van der Waals surface area (Å²) in [5.74, 6) is 0. The van der Waals surface area contributed by atoms with Crippen LogP contribution in [0.5, 0.6) is 0 Å². The third kappa shape index (κ3) is 8.52. The molecule has 130 valence electrons. The summed E-state index contributed by atoms with van der Waals surface area (Å²) in [6, 6.07) is 14.7. The minimum atomic E-state index is 0. The van der Waals surface area contributed by atoms with Crippen molar-refractivity contribution < 1.29 is 21.7 Å². The number of hydrogen-bond acceptors (Lipinski definition) is 0. The molecule has 0 N–H and O–H groups in total. The van der Waals surface area contributed by atoms with Crippen LogP contribution in [0.15, 0.2) is 65.8 Å². The molecule has 0 spiro atoms. The average molecular weight is 375 g/mol. The Morgan fingerprint density at radius 3 is 2.25 bits per heavy atom. The molecular weight excluding hydrogens is 343 g/mol. The van der Waals surface area contributed by atoms with Gasteiger partial charge in [0.1, 0.15) is 0 Å². The molecule has 0 saturated carbocycles. The minimum absolute atomic E-state index is 0. The Bertz CT molecular complexity index is 598. The summed E-state index contributed by atoms with van der Waals surface area (Å²) in [6.45, 7) is 13.5. The Morgan fingerprint density at radius 2 is 1.71 bits per heavy atom. The maximum Gasteiger partial charge on any atom is 0 e. The van der Waals surface area contributed by atoms with Crippen molar-refractivity contribution in [3.63, 3.8) is 0 Å². The first kappa shape index (κ1) is 23.5. The second-order valence-corrected chi connectivity index (χ2v) is 9.51. The normalized spacial score (nSPS) is 12.2. The van der Waals surface area contributed by atoms with Gasteiger partial charge in [0.25, 0.3) is 0 Å². The number of hydrogen-bond donors (Lipinski definition) is 0. The maximum atomic E-state index is 2.44. The minimum Gasteiger partial charge on any atom is -0.168 e. The van der Waals surface area contributed by atoms with Gasteiger partial charge in [-0.1, -0.05) is 50.1 Å². The number of allylic oxidation sites excluding steroid dienone is 4. The SMILES string of the molecule is CCP(CC)C(C)C=C(C)C=C(C)C.[Ti].c1ccc2[cH-]ccc2c1. The standard InChI is InChI=1S/C13H25P.C9H7.Ti/c1-7-14(8-2)13(6)10-12(5)9-11(3)4;1-2-5-9-7-3-6-8(9)4-1;/h9-10,13H,7-8H2,1-6H3;1-7H;/q;-1;. The molecule has 2 aromatic carbocycles. The van der Waals surface area contributed by atoms with Gasteiger partial charge in [0.2, 0.25) is 0 Å². The average Bonchev–Trinajstić information content (AvgIpc) is 2.96. The molecular formula is C22H32PTi-. The molecule has 1 unspecified atom stereocenters. The van der Waals surface area contributed by atoms with Gasteiger partial charge in [-0.2, -0.15) is 17.5 Å². The van der Waals surface area contributed by atoms with Crippen molar-refractivity contribution >= 4 is 18.7 Å². The molecule has 24 heavy (non-hydrogen) atoms. The molecule has 0 aromatic heterocycles. The van der Waals surface area contributed by atoms with Gasteiger partial charge in [0.15, 0.2) is 0 Å². The van der Waals surface area contributed by atoms with Gasteiger partial charge in [-0.3, -0.25) is 0 Å². The van der Waals surface area contributed by atoms with Crippen LogP contribution in [0.25, 0.3) is 10.8 Å². The predicted molar refractivity (Wildman–Crippen MR) is 110 cm³/mol. The van der Waals surface area contributed by atoms with Crippen LogP contribution in [-0.4, -0.2) is 18.0 Å². The molecule has 0 radical (unpaired) electrons. The Balaban J connectivity index is 0.000000452. The van der Waals surface area contributed by atoms with Gasteiger partial charge < -0.3 is 0 Å². The van der Waals surface area contributed by atoms with Gasteiger partial charge in [-0.15, -0.1) is 37.6 Å². The Hall–Kier alpha value is -0.546. The van der Waals surface area contributed by atoms with Crippen LogP contribution in [-0.2, 0) is 21.7 Å². The molecule has 1 atom stereocenters. The van der Waals surface area contributed by atoms with Gasteiger partial charge >= 0.3 is 0 Å². The van der Waals surface area contributed by atoms with Crippen LogP contribution in [0.3, 0.4) is 0 Å². The molecule has 2 aromatic rings. The van der Waals surface area contributed by atoms with Crippen molar-refractivity contribution in [1.29, 1.82) is 0 Å². The van der Waals surface area contributed by atoms with Crippen molar-refractivity contribution in [1.82, 2.24) is 0 Å². The summed E-state index contributed by atoms with van der Waals surface area (Å²) in [7, 11) is 0.219. The van der Waals surface area contributed by atoms with Gasteiger partial charge in [-0.05, 0) is 38.8 Å². The van der Waals surface area contributed by atoms with Crippen LogP contribution < -0.4 is 0 Å². The zero-order valence-electron chi connectivity index (χ0n) is 16.1. The molecule has 0 fully saturated rings. The molecule has 0 bridgehead atoms.